The number of aromatic nitrogens is 4. The first-order valence-electron chi connectivity index (χ1n) is 8.85. The average Bonchev–Trinajstić information content (AvgIpc) is 3.13. The lowest BCUT2D eigenvalue weighted by atomic mass is 9.92. The summed E-state index contributed by atoms with van der Waals surface area (Å²) in [5.41, 5.74) is 7.62. The highest BCUT2D eigenvalue weighted by Gasteiger charge is 2.21. The van der Waals surface area contributed by atoms with Gasteiger partial charge in [-0.25, -0.2) is 9.97 Å². The lowest BCUT2D eigenvalue weighted by Gasteiger charge is -2.27. The summed E-state index contributed by atoms with van der Waals surface area (Å²) in [4.78, 5) is 16.4. The SMILES string of the molecule is COc1ccc(Nc2[nH]c(N[C@H]3CC[C@H](N)CC3)nc3ncnc2-3)cc1.Cl.Cl. The minimum Gasteiger partial charge on any atom is -0.497 e. The molecule has 0 aromatic heterocycles. The predicted octanol–water partition coefficient (Wildman–Crippen LogP) is 3.58. The Balaban J connectivity index is 0.00000140. The van der Waals surface area contributed by atoms with E-state index in [1.165, 1.54) is 6.33 Å². The molecule has 0 bridgehead atoms. The summed E-state index contributed by atoms with van der Waals surface area (Å²) < 4.78 is 5.20. The predicted molar refractivity (Wildman–Crippen MR) is 115 cm³/mol. The molecular formula is C18H25Cl2N7O. The number of imidazole rings is 1. The summed E-state index contributed by atoms with van der Waals surface area (Å²) in [5, 5.41) is 6.83. The van der Waals surface area contributed by atoms with Crippen LogP contribution >= 0.6 is 24.8 Å². The molecule has 1 saturated carbocycles. The first kappa shape index (κ1) is 22.0. The molecule has 1 aliphatic carbocycles. The largest absolute Gasteiger partial charge is 0.497 e. The Bertz CT molecular complexity index is 834. The van der Waals surface area contributed by atoms with Crippen LogP contribution in [-0.2, 0) is 0 Å². The maximum Gasteiger partial charge on any atom is 0.204 e. The molecule has 4 rings (SSSR count). The second-order valence-electron chi connectivity index (χ2n) is 6.62. The summed E-state index contributed by atoms with van der Waals surface area (Å²) in [6, 6.07) is 8.40. The quantitative estimate of drug-likeness (QED) is 0.493. The van der Waals surface area contributed by atoms with E-state index in [1.807, 2.05) is 24.3 Å². The monoisotopic (exact) mass is 425 g/mol. The van der Waals surface area contributed by atoms with Gasteiger partial charge in [0.1, 0.15) is 17.9 Å². The highest BCUT2D eigenvalue weighted by molar-refractivity contribution is 5.85. The van der Waals surface area contributed by atoms with Crippen molar-refractivity contribution in [2.45, 2.75) is 37.8 Å². The number of benzene rings is 1. The van der Waals surface area contributed by atoms with E-state index >= 15 is 0 Å². The van der Waals surface area contributed by atoms with E-state index in [2.05, 4.69) is 30.6 Å². The molecule has 0 saturated heterocycles. The number of ether oxygens (including phenoxy) is 1. The number of nitrogens with zero attached hydrogens (tertiary/aromatic N) is 3. The number of halogens is 2. The number of rotatable bonds is 5. The van der Waals surface area contributed by atoms with E-state index in [-0.39, 0.29) is 24.8 Å². The molecule has 8 nitrogen and oxygen atoms in total. The molecule has 5 N–H and O–H groups in total. The van der Waals surface area contributed by atoms with Crippen molar-refractivity contribution in [3.63, 3.8) is 0 Å². The molecule has 0 amide bonds. The van der Waals surface area contributed by atoms with Crippen LogP contribution in [0, 0.1) is 0 Å². The maximum atomic E-state index is 5.99. The maximum absolute atomic E-state index is 5.99. The van der Waals surface area contributed by atoms with E-state index in [9.17, 15) is 0 Å². The van der Waals surface area contributed by atoms with E-state index in [4.69, 9.17) is 10.5 Å². The van der Waals surface area contributed by atoms with Crippen molar-refractivity contribution in [3.8, 4) is 17.3 Å². The standard InChI is InChI=1S/C18H23N7O.2ClH/c1-26-14-8-6-12(7-9-14)22-17-15-16(21-10-20-15)24-18(25-17)23-13-4-2-11(19)3-5-13;;/h6-11,13H,2-5,19H2,1H3,(H3,20,21,22,23,24,25);2*1H/t11-,13-;;. The summed E-state index contributed by atoms with van der Waals surface area (Å²) in [7, 11) is 1.65. The van der Waals surface area contributed by atoms with Crippen molar-refractivity contribution in [3.05, 3.63) is 30.6 Å². The first-order valence-corrected chi connectivity index (χ1v) is 8.85. The van der Waals surface area contributed by atoms with E-state index < -0.39 is 0 Å². The van der Waals surface area contributed by atoms with Crippen LogP contribution in [-0.4, -0.2) is 39.1 Å². The van der Waals surface area contributed by atoms with E-state index in [0.717, 1.165) is 42.9 Å². The van der Waals surface area contributed by atoms with Gasteiger partial charge in [-0.05, 0) is 49.9 Å². The third-order valence-corrected chi connectivity index (χ3v) is 4.75. The molecule has 0 spiro atoms. The number of nitrogens with two attached hydrogens (primary N) is 1. The van der Waals surface area contributed by atoms with E-state index in [0.29, 0.717) is 29.6 Å². The first-order chi connectivity index (χ1) is 12.7. The van der Waals surface area contributed by atoms with Gasteiger partial charge in [-0.1, -0.05) is 0 Å². The van der Waals surface area contributed by atoms with Gasteiger partial charge in [0.05, 0.1) is 7.11 Å². The molecular weight excluding hydrogens is 401 g/mol. The molecule has 1 aromatic rings. The van der Waals surface area contributed by atoms with Crippen LogP contribution in [0.25, 0.3) is 11.5 Å². The molecule has 2 aliphatic heterocycles. The van der Waals surface area contributed by atoms with Crippen molar-refractivity contribution >= 4 is 42.3 Å². The fourth-order valence-electron chi connectivity index (χ4n) is 3.26. The Hall–Kier alpha value is -2.29. The smallest absolute Gasteiger partial charge is 0.204 e. The van der Waals surface area contributed by atoms with Gasteiger partial charge in [0.15, 0.2) is 11.5 Å². The zero-order chi connectivity index (χ0) is 17.9. The third kappa shape index (κ3) is 4.95. The van der Waals surface area contributed by atoms with Crippen molar-refractivity contribution in [2.75, 3.05) is 17.7 Å². The number of hydrogen-bond acceptors (Lipinski definition) is 7. The minimum absolute atomic E-state index is 0. The van der Waals surface area contributed by atoms with Gasteiger partial charge in [-0.15, -0.1) is 24.8 Å². The number of H-pyrrole nitrogens is 1. The Labute approximate surface area is 176 Å². The number of aromatic amines is 1. The molecule has 3 aliphatic rings. The van der Waals surface area contributed by atoms with Crippen molar-refractivity contribution in [2.24, 2.45) is 5.73 Å². The van der Waals surface area contributed by atoms with E-state index in [1.54, 1.807) is 7.11 Å². The molecule has 152 valence electrons. The summed E-state index contributed by atoms with van der Waals surface area (Å²) in [6.45, 7) is 0. The fraction of sp³-hybridized carbons (Fsp3) is 0.389. The molecule has 1 aromatic carbocycles. The van der Waals surface area contributed by atoms with Crippen LogP contribution in [0.1, 0.15) is 25.7 Å². The average molecular weight is 426 g/mol. The molecule has 28 heavy (non-hydrogen) atoms. The highest BCUT2D eigenvalue weighted by Crippen LogP contribution is 2.29. The summed E-state index contributed by atoms with van der Waals surface area (Å²) in [6.07, 6.45) is 5.68. The van der Waals surface area contributed by atoms with Gasteiger partial charge in [0, 0.05) is 17.8 Å². The third-order valence-electron chi connectivity index (χ3n) is 4.75. The topological polar surface area (TPSA) is 114 Å². The number of hydrogen-bond donors (Lipinski definition) is 4. The molecule has 0 atom stereocenters. The second kappa shape index (κ2) is 9.77. The molecule has 0 unspecified atom stereocenters. The number of fused-ring (bicyclic) bond motifs is 1. The second-order valence-corrected chi connectivity index (χ2v) is 6.62. The zero-order valence-electron chi connectivity index (χ0n) is 15.5. The number of methoxy groups -OCH3 is 1. The van der Waals surface area contributed by atoms with Crippen LogP contribution in [0.15, 0.2) is 30.6 Å². The van der Waals surface area contributed by atoms with Gasteiger partial charge < -0.3 is 26.1 Å². The van der Waals surface area contributed by atoms with Gasteiger partial charge in [0.2, 0.25) is 5.95 Å². The lowest BCUT2D eigenvalue weighted by Crippen LogP contribution is -2.33. The fourth-order valence-corrected chi connectivity index (χ4v) is 3.26. The van der Waals surface area contributed by atoms with Gasteiger partial charge >= 0.3 is 0 Å². The molecule has 1 fully saturated rings. The van der Waals surface area contributed by atoms with Crippen molar-refractivity contribution in [1.29, 1.82) is 0 Å². The van der Waals surface area contributed by atoms with Crippen LogP contribution < -0.4 is 21.1 Å². The van der Waals surface area contributed by atoms with Crippen LogP contribution in [0.2, 0.25) is 0 Å². The summed E-state index contributed by atoms with van der Waals surface area (Å²) in [5.74, 6) is 2.86. The summed E-state index contributed by atoms with van der Waals surface area (Å²) >= 11 is 0. The van der Waals surface area contributed by atoms with Gasteiger partial charge in [-0.3, -0.25) is 0 Å². The zero-order valence-corrected chi connectivity index (χ0v) is 17.1. The van der Waals surface area contributed by atoms with Gasteiger partial charge in [-0.2, -0.15) is 4.98 Å². The van der Waals surface area contributed by atoms with Crippen molar-refractivity contribution in [1.82, 2.24) is 19.9 Å². The van der Waals surface area contributed by atoms with Crippen LogP contribution in [0.3, 0.4) is 0 Å². The molecule has 0 radical (unpaired) electrons. The van der Waals surface area contributed by atoms with Crippen molar-refractivity contribution < 1.29 is 4.74 Å². The Morgan fingerprint density at radius 2 is 1.79 bits per heavy atom. The normalized spacial score (nSPS) is 18.6. The Morgan fingerprint density at radius 3 is 2.46 bits per heavy atom. The molecule has 2 heterocycles. The number of nitrogens with one attached hydrogen (secondary N) is 3. The van der Waals surface area contributed by atoms with Gasteiger partial charge in [0.25, 0.3) is 0 Å². The molecule has 10 heteroatoms. The van der Waals surface area contributed by atoms with Crippen LogP contribution in [0.4, 0.5) is 17.5 Å². The number of anilines is 3. The highest BCUT2D eigenvalue weighted by atomic mass is 35.5. The Morgan fingerprint density at radius 1 is 1.07 bits per heavy atom. The lowest BCUT2D eigenvalue weighted by molar-refractivity contribution is 0.410. The Kier molecular flexibility index (Phi) is 7.68. The van der Waals surface area contributed by atoms with Crippen LogP contribution in [0.5, 0.6) is 5.75 Å². The minimum atomic E-state index is 0.